The van der Waals surface area contributed by atoms with Crippen molar-refractivity contribution in [2.45, 2.75) is 26.7 Å². The van der Waals surface area contributed by atoms with Gasteiger partial charge in [-0.15, -0.1) is 0 Å². The molecule has 0 saturated heterocycles. The average Bonchev–Trinajstić information content (AvgIpc) is 2.69. The van der Waals surface area contributed by atoms with Gasteiger partial charge in [0.2, 0.25) is 5.95 Å². The average molecular weight is 247 g/mol. The van der Waals surface area contributed by atoms with Gasteiger partial charge in [-0.25, -0.2) is 9.82 Å². The molecule has 0 aliphatic carbocycles. The largest absolute Gasteiger partial charge is 0.303 e. The standard InChI is InChI=1S/C8H17N5O2S/c1-3-5-13(6-4-2)16(14,15)12-8-9-7-10-11-8/h7H,3-6H2,1-2H3,(H2,9,10,11,12). The number of hydrogen-bond acceptors (Lipinski definition) is 4. The molecular weight excluding hydrogens is 230 g/mol. The van der Waals surface area contributed by atoms with Gasteiger partial charge in [-0.05, 0) is 12.8 Å². The molecule has 0 unspecified atom stereocenters. The van der Waals surface area contributed by atoms with Crippen LogP contribution in [0.25, 0.3) is 0 Å². The fourth-order valence-corrected chi connectivity index (χ4v) is 2.61. The van der Waals surface area contributed by atoms with Gasteiger partial charge in [0.05, 0.1) is 0 Å². The predicted molar refractivity (Wildman–Crippen MR) is 61.1 cm³/mol. The van der Waals surface area contributed by atoms with Crippen LogP contribution in [0.15, 0.2) is 6.33 Å². The second-order valence-electron chi connectivity index (χ2n) is 3.34. The van der Waals surface area contributed by atoms with Crippen molar-refractivity contribution in [3.63, 3.8) is 0 Å². The Kier molecular flexibility index (Phi) is 4.69. The second kappa shape index (κ2) is 5.80. The van der Waals surface area contributed by atoms with Gasteiger partial charge < -0.3 is 0 Å². The summed E-state index contributed by atoms with van der Waals surface area (Å²) in [5.41, 5.74) is 0. The number of aromatic amines is 1. The van der Waals surface area contributed by atoms with Crippen molar-refractivity contribution < 1.29 is 8.42 Å². The van der Waals surface area contributed by atoms with E-state index in [1.807, 2.05) is 13.8 Å². The Morgan fingerprint density at radius 3 is 2.44 bits per heavy atom. The summed E-state index contributed by atoms with van der Waals surface area (Å²) in [5, 5.41) is 6.03. The number of aromatic nitrogens is 3. The van der Waals surface area contributed by atoms with Gasteiger partial charge in [0.1, 0.15) is 6.33 Å². The normalized spacial score (nSPS) is 11.9. The van der Waals surface area contributed by atoms with Crippen LogP contribution < -0.4 is 4.72 Å². The number of H-pyrrole nitrogens is 1. The number of anilines is 1. The van der Waals surface area contributed by atoms with E-state index >= 15 is 0 Å². The molecule has 1 heterocycles. The molecule has 1 rings (SSSR count). The zero-order valence-corrected chi connectivity index (χ0v) is 10.3. The van der Waals surface area contributed by atoms with E-state index in [1.165, 1.54) is 10.6 Å². The lowest BCUT2D eigenvalue weighted by molar-refractivity contribution is 0.413. The SMILES string of the molecule is CCCN(CCC)S(=O)(=O)Nc1ncn[nH]1. The molecule has 1 aromatic heterocycles. The molecule has 92 valence electrons. The van der Waals surface area contributed by atoms with Gasteiger partial charge >= 0.3 is 10.2 Å². The van der Waals surface area contributed by atoms with E-state index in [0.29, 0.717) is 13.1 Å². The molecular formula is C8H17N5O2S. The first kappa shape index (κ1) is 12.9. The number of rotatable bonds is 7. The lowest BCUT2D eigenvalue weighted by Gasteiger charge is -2.20. The molecule has 0 aromatic carbocycles. The minimum atomic E-state index is -3.52. The summed E-state index contributed by atoms with van der Waals surface area (Å²) in [5.74, 6) is 0.136. The maximum Gasteiger partial charge on any atom is 0.303 e. The Morgan fingerprint density at radius 1 is 1.38 bits per heavy atom. The fraction of sp³-hybridized carbons (Fsp3) is 0.750. The van der Waals surface area contributed by atoms with E-state index in [4.69, 9.17) is 0 Å². The van der Waals surface area contributed by atoms with Gasteiger partial charge in [-0.1, -0.05) is 13.8 Å². The summed E-state index contributed by atoms with van der Waals surface area (Å²) >= 11 is 0. The molecule has 16 heavy (non-hydrogen) atoms. The smallest absolute Gasteiger partial charge is 0.245 e. The molecule has 0 bridgehead atoms. The first-order valence-corrected chi connectivity index (χ1v) is 6.67. The van der Waals surface area contributed by atoms with Crippen molar-refractivity contribution >= 4 is 16.2 Å². The van der Waals surface area contributed by atoms with Crippen LogP contribution in [0.2, 0.25) is 0 Å². The van der Waals surface area contributed by atoms with Crippen LogP contribution >= 0.6 is 0 Å². The van der Waals surface area contributed by atoms with Gasteiger partial charge in [-0.2, -0.15) is 22.8 Å². The van der Waals surface area contributed by atoms with Gasteiger partial charge in [0.15, 0.2) is 0 Å². The first-order valence-electron chi connectivity index (χ1n) is 5.23. The maximum absolute atomic E-state index is 11.9. The third-order valence-electron chi connectivity index (χ3n) is 1.93. The lowest BCUT2D eigenvalue weighted by atomic mass is 10.4. The molecule has 0 saturated carbocycles. The summed E-state index contributed by atoms with van der Waals surface area (Å²) in [4.78, 5) is 3.72. The number of hydrogen-bond donors (Lipinski definition) is 2. The monoisotopic (exact) mass is 247 g/mol. The van der Waals surface area contributed by atoms with Crippen LogP contribution in [0.4, 0.5) is 5.95 Å². The van der Waals surface area contributed by atoms with Crippen molar-refractivity contribution in [1.29, 1.82) is 0 Å². The van der Waals surface area contributed by atoms with Crippen molar-refractivity contribution in [2.75, 3.05) is 17.8 Å². The molecule has 7 nitrogen and oxygen atoms in total. The molecule has 0 atom stereocenters. The molecule has 2 N–H and O–H groups in total. The molecule has 0 aliphatic rings. The highest BCUT2D eigenvalue weighted by molar-refractivity contribution is 7.90. The molecule has 0 aliphatic heterocycles. The fourth-order valence-electron chi connectivity index (χ4n) is 1.29. The molecule has 0 spiro atoms. The minimum Gasteiger partial charge on any atom is -0.245 e. The predicted octanol–water partition coefficient (Wildman–Crippen LogP) is 0.583. The van der Waals surface area contributed by atoms with Crippen molar-refractivity contribution in [3.05, 3.63) is 6.33 Å². The Hall–Kier alpha value is -1.15. The maximum atomic E-state index is 11.9. The molecule has 8 heteroatoms. The van der Waals surface area contributed by atoms with Crippen LogP contribution in [0.3, 0.4) is 0 Å². The van der Waals surface area contributed by atoms with Gasteiger partial charge in [-0.3, -0.25) is 0 Å². The van der Waals surface area contributed by atoms with E-state index in [-0.39, 0.29) is 5.95 Å². The van der Waals surface area contributed by atoms with E-state index in [0.717, 1.165) is 12.8 Å². The highest BCUT2D eigenvalue weighted by Crippen LogP contribution is 2.06. The van der Waals surface area contributed by atoms with Crippen LogP contribution in [-0.2, 0) is 10.2 Å². The van der Waals surface area contributed by atoms with Crippen LogP contribution in [0.5, 0.6) is 0 Å². The third kappa shape index (κ3) is 3.46. The van der Waals surface area contributed by atoms with Gasteiger partial charge in [0, 0.05) is 13.1 Å². The van der Waals surface area contributed by atoms with Gasteiger partial charge in [0.25, 0.3) is 0 Å². The van der Waals surface area contributed by atoms with Crippen molar-refractivity contribution in [1.82, 2.24) is 19.5 Å². The summed E-state index contributed by atoms with van der Waals surface area (Å²) in [6, 6.07) is 0. The zero-order chi connectivity index (χ0) is 12.0. The highest BCUT2D eigenvalue weighted by atomic mass is 32.2. The van der Waals surface area contributed by atoms with E-state index in [9.17, 15) is 8.42 Å². The quantitative estimate of drug-likeness (QED) is 0.737. The topological polar surface area (TPSA) is 91.0 Å². The third-order valence-corrected chi connectivity index (χ3v) is 3.42. The highest BCUT2D eigenvalue weighted by Gasteiger charge is 2.20. The Labute approximate surface area is 95.4 Å². The first-order chi connectivity index (χ1) is 7.60. The summed E-state index contributed by atoms with van der Waals surface area (Å²) < 4.78 is 27.5. The molecule has 0 amide bonds. The van der Waals surface area contributed by atoms with E-state index < -0.39 is 10.2 Å². The van der Waals surface area contributed by atoms with Crippen LogP contribution in [0.1, 0.15) is 26.7 Å². The van der Waals surface area contributed by atoms with Crippen molar-refractivity contribution in [3.8, 4) is 0 Å². The molecule has 0 fully saturated rings. The molecule has 1 aromatic rings. The summed E-state index contributed by atoms with van der Waals surface area (Å²) in [6.45, 7) is 4.87. The summed E-state index contributed by atoms with van der Waals surface area (Å²) in [6.07, 6.45) is 2.80. The Morgan fingerprint density at radius 2 is 2.00 bits per heavy atom. The van der Waals surface area contributed by atoms with E-state index in [1.54, 1.807) is 0 Å². The van der Waals surface area contributed by atoms with E-state index in [2.05, 4.69) is 19.9 Å². The molecule has 0 radical (unpaired) electrons. The number of nitrogens with zero attached hydrogens (tertiary/aromatic N) is 3. The summed E-state index contributed by atoms with van der Waals surface area (Å²) in [7, 11) is -3.52. The Bertz CT molecular complexity index is 383. The number of nitrogens with one attached hydrogen (secondary N) is 2. The zero-order valence-electron chi connectivity index (χ0n) is 9.47. The Balaban J connectivity index is 2.73. The van der Waals surface area contributed by atoms with Crippen molar-refractivity contribution in [2.24, 2.45) is 0 Å². The minimum absolute atomic E-state index is 0.136. The lowest BCUT2D eigenvalue weighted by Crippen LogP contribution is -2.37. The van der Waals surface area contributed by atoms with Crippen LogP contribution in [0, 0.1) is 0 Å². The van der Waals surface area contributed by atoms with Crippen LogP contribution in [-0.4, -0.2) is 41.0 Å². The second-order valence-corrected chi connectivity index (χ2v) is 5.01.